The molecule has 2 heterocycles. The molecule has 0 spiro atoms. The SMILES string of the molecule is CCCCCCC(=O)OC[C@H]1O[C@@](CO)(O[C@H]2O[C@H](CO)[C@@H](O)[C@H](O)[C@H]2O)[C@@H](O)[C@@H]1O. The Morgan fingerprint density at radius 2 is 1.65 bits per heavy atom. The molecule has 2 saturated heterocycles. The maximum Gasteiger partial charge on any atom is 0.305 e. The monoisotopic (exact) mass is 454 g/mol. The zero-order chi connectivity index (χ0) is 23.2. The van der Waals surface area contributed by atoms with E-state index in [0.717, 1.165) is 19.3 Å². The van der Waals surface area contributed by atoms with E-state index in [0.29, 0.717) is 6.42 Å². The molecule has 2 aliphatic rings. The van der Waals surface area contributed by atoms with E-state index in [9.17, 15) is 40.5 Å². The fourth-order valence-electron chi connectivity index (χ4n) is 3.56. The third kappa shape index (κ3) is 6.11. The molecule has 182 valence electrons. The average Bonchev–Trinajstić information content (AvgIpc) is 3.00. The molecular weight excluding hydrogens is 420 g/mol. The van der Waals surface area contributed by atoms with E-state index in [2.05, 4.69) is 0 Å². The van der Waals surface area contributed by atoms with Crippen LogP contribution in [0.25, 0.3) is 0 Å². The lowest BCUT2D eigenvalue weighted by Gasteiger charge is -2.43. The van der Waals surface area contributed by atoms with Crippen molar-refractivity contribution in [2.45, 2.75) is 93.8 Å². The van der Waals surface area contributed by atoms with E-state index in [4.69, 9.17) is 18.9 Å². The van der Waals surface area contributed by atoms with E-state index >= 15 is 0 Å². The molecule has 0 aromatic carbocycles. The molecule has 7 N–H and O–H groups in total. The average molecular weight is 454 g/mol. The van der Waals surface area contributed by atoms with Crippen LogP contribution < -0.4 is 0 Å². The van der Waals surface area contributed by atoms with Crippen molar-refractivity contribution in [1.82, 2.24) is 0 Å². The van der Waals surface area contributed by atoms with Crippen molar-refractivity contribution in [3.63, 3.8) is 0 Å². The first-order chi connectivity index (χ1) is 14.7. The summed E-state index contributed by atoms with van der Waals surface area (Å²) < 4.78 is 21.1. The third-order valence-electron chi connectivity index (χ3n) is 5.53. The van der Waals surface area contributed by atoms with Gasteiger partial charge in [0.2, 0.25) is 5.79 Å². The van der Waals surface area contributed by atoms with E-state index < -0.39 is 80.6 Å². The quantitative estimate of drug-likeness (QED) is 0.125. The molecule has 0 aromatic rings. The number of carbonyl (C=O) groups is 1. The fourth-order valence-corrected chi connectivity index (χ4v) is 3.56. The minimum atomic E-state index is -2.27. The molecule has 0 aliphatic carbocycles. The summed E-state index contributed by atoms with van der Waals surface area (Å²) in [7, 11) is 0. The van der Waals surface area contributed by atoms with Gasteiger partial charge in [0.05, 0.1) is 6.61 Å². The predicted octanol–water partition coefficient (Wildman–Crippen LogP) is -2.87. The second kappa shape index (κ2) is 11.8. The van der Waals surface area contributed by atoms with Gasteiger partial charge in [-0.1, -0.05) is 26.2 Å². The molecule has 2 aliphatic heterocycles. The molecule has 2 fully saturated rings. The highest BCUT2D eigenvalue weighted by molar-refractivity contribution is 5.69. The number of hydrogen-bond donors (Lipinski definition) is 7. The first kappa shape index (κ1) is 26.3. The minimum Gasteiger partial charge on any atom is -0.463 e. The van der Waals surface area contributed by atoms with Crippen LogP contribution in [0.4, 0.5) is 0 Å². The van der Waals surface area contributed by atoms with Gasteiger partial charge in [-0.15, -0.1) is 0 Å². The van der Waals surface area contributed by atoms with Crippen molar-refractivity contribution in [2.24, 2.45) is 0 Å². The van der Waals surface area contributed by atoms with Gasteiger partial charge in [-0.2, -0.15) is 0 Å². The van der Waals surface area contributed by atoms with Crippen molar-refractivity contribution >= 4 is 5.97 Å². The molecule has 0 unspecified atom stereocenters. The number of hydrogen-bond acceptors (Lipinski definition) is 12. The number of esters is 1. The van der Waals surface area contributed by atoms with E-state index in [1.807, 2.05) is 6.92 Å². The van der Waals surface area contributed by atoms with Gasteiger partial charge in [0.15, 0.2) is 6.29 Å². The van der Waals surface area contributed by atoms with Crippen LogP contribution in [0.5, 0.6) is 0 Å². The second-order valence-corrected chi connectivity index (χ2v) is 7.87. The van der Waals surface area contributed by atoms with Crippen LogP contribution in [0.1, 0.15) is 39.0 Å². The smallest absolute Gasteiger partial charge is 0.305 e. The van der Waals surface area contributed by atoms with Gasteiger partial charge in [0.1, 0.15) is 55.9 Å². The standard InChI is InChI=1S/C19H34O12/c1-2-3-4-5-6-12(22)28-8-11-14(24)17(27)19(9-21,30-11)31-18-16(26)15(25)13(23)10(7-20)29-18/h10-11,13-18,20-21,23-27H,2-9H2,1H3/t10-,11-,13-,14-,15+,16-,17+,18-,19+/m1/s1. The van der Waals surface area contributed by atoms with Gasteiger partial charge in [0.25, 0.3) is 0 Å². The molecule has 0 aromatic heterocycles. The van der Waals surface area contributed by atoms with Crippen molar-refractivity contribution in [3.05, 3.63) is 0 Å². The molecule has 12 heteroatoms. The number of aliphatic hydroxyl groups excluding tert-OH is 7. The Kier molecular flexibility index (Phi) is 10.0. The highest BCUT2D eigenvalue weighted by Crippen LogP contribution is 2.36. The van der Waals surface area contributed by atoms with Crippen LogP contribution in [0.15, 0.2) is 0 Å². The van der Waals surface area contributed by atoms with Gasteiger partial charge in [-0.05, 0) is 6.42 Å². The van der Waals surface area contributed by atoms with Gasteiger partial charge < -0.3 is 54.7 Å². The fraction of sp³-hybridized carbons (Fsp3) is 0.947. The summed E-state index contributed by atoms with van der Waals surface area (Å²) in [6, 6.07) is 0. The van der Waals surface area contributed by atoms with E-state index in [-0.39, 0.29) is 6.42 Å². The Balaban J connectivity index is 1.98. The first-order valence-electron chi connectivity index (χ1n) is 10.5. The van der Waals surface area contributed by atoms with E-state index in [1.165, 1.54) is 0 Å². The normalized spacial score (nSPS) is 40.8. The van der Waals surface area contributed by atoms with Crippen LogP contribution in [0, 0.1) is 0 Å². The lowest BCUT2D eigenvalue weighted by atomic mass is 9.99. The Morgan fingerprint density at radius 3 is 2.26 bits per heavy atom. The molecule has 0 amide bonds. The zero-order valence-corrected chi connectivity index (χ0v) is 17.4. The number of rotatable bonds is 11. The summed E-state index contributed by atoms with van der Waals surface area (Å²) in [6.07, 6.45) is -9.12. The maximum atomic E-state index is 11.8. The van der Waals surface area contributed by atoms with Gasteiger partial charge in [0, 0.05) is 6.42 Å². The molecule has 9 atom stereocenters. The van der Waals surface area contributed by atoms with Crippen LogP contribution >= 0.6 is 0 Å². The van der Waals surface area contributed by atoms with Crippen LogP contribution in [-0.2, 0) is 23.7 Å². The van der Waals surface area contributed by atoms with Crippen LogP contribution in [-0.4, -0.2) is 116 Å². The highest BCUT2D eigenvalue weighted by atomic mass is 16.8. The summed E-state index contributed by atoms with van der Waals surface area (Å²) in [6.45, 7) is -0.0613. The molecule has 12 nitrogen and oxygen atoms in total. The summed E-state index contributed by atoms with van der Waals surface area (Å²) in [5.41, 5.74) is 0. The molecule has 2 rings (SSSR count). The van der Waals surface area contributed by atoms with E-state index in [1.54, 1.807) is 0 Å². The van der Waals surface area contributed by atoms with Crippen LogP contribution in [0.2, 0.25) is 0 Å². The number of aliphatic hydroxyl groups is 7. The minimum absolute atomic E-state index is 0.192. The maximum absolute atomic E-state index is 11.8. The molecule has 0 radical (unpaired) electrons. The highest BCUT2D eigenvalue weighted by Gasteiger charge is 2.58. The number of carbonyl (C=O) groups excluding carboxylic acids is 1. The predicted molar refractivity (Wildman–Crippen MR) is 101 cm³/mol. The Bertz CT molecular complexity index is 560. The van der Waals surface area contributed by atoms with Gasteiger partial charge in [-0.3, -0.25) is 4.79 Å². The summed E-state index contributed by atoms with van der Waals surface area (Å²) in [4.78, 5) is 11.8. The number of ether oxygens (including phenoxy) is 4. The molecular formula is C19H34O12. The Morgan fingerprint density at radius 1 is 0.935 bits per heavy atom. The second-order valence-electron chi connectivity index (χ2n) is 7.87. The summed E-state index contributed by atoms with van der Waals surface area (Å²) in [5.74, 6) is -2.77. The Hall–Kier alpha value is -0.930. The largest absolute Gasteiger partial charge is 0.463 e. The van der Waals surface area contributed by atoms with Crippen molar-refractivity contribution in [3.8, 4) is 0 Å². The molecule has 31 heavy (non-hydrogen) atoms. The first-order valence-corrected chi connectivity index (χ1v) is 10.5. The van der Waals surface area contributed by atoms with Crippen molar-refractivity contribution in [1.29, 1.82) is 0 Å². The Labute approximate surface area is 179 Å². The van der Waals surface area contributed by atoms with Crippen molar-refractivity contribution in [2.75, 3.05) is 19.8 Å². The summed E-state index contributed by atoms with van der Waals surface area (Å²) in [5, 5.41) is 69.6. The van der Waals surface area contributed by atoms with Gasteiger partial charge in [-0.25, -0.2) is 0 Å². The lowest BCUT2D eigenvalue weighted by molar-refractivity contribution is -0.383. The molecule has 0 saturated carbocycles. The van der Waals surface area contributed by atoms with Crippen LogP contribution in [0.3, 0.4) is 0 Å². The lowest BCUT2D eigenvalue weighted by Crippen LogP contribution is -2.62. The topological polar surface area (TPSA) is 196 Å². The van der Waals surface area contributed by atoms with Gasteiger partial charge >= 0.3 is 5.97 Å². The summed E-state index contributed by atoms with van der Waals surface area (Å²) >= 11 is 0. The zero-order valence-electron chi connectivity index (χ0n) is 17.4. The third-order valence-corrected chi connectivity index (χ3v) is 5.53. The number of unbranched alkanes of at least 4 members (excludes halogenated alkanes) is 3. The molecule has 0 bridgehead atoms. The van der Waals surface area contributed by atoms with Crippen molar-refractivity contribution < 1.29 is 59.5 Å².